The molecule has 122 valence electrons. The maximum absolute atomic E-state index is 13.0. The molecule has 22 heavy (non-hydrogen) atoms. The molecule has 0 aromatic rings. The summed E-state index contributed by atoms with van der Waals surface area (Å²) in [6.45, 7) is 1.72. The molecule has 7 unspecified atom stereocenters. The molecule has 0 spiro atoms. The zero-order chi connectivity index (χ0) is 14.7. The molecule has 5 rings (SSSR count). The fourth-order valence-electron chi connectivity index (χ4n) is 5.94. The lowest BCUT2D eigenvalue weighted by molar-refractivity contribution is -0.215. The number of ether oxygens (including phenoxy) is 1. The first-order chi connectivity index (χ1) is 10.8. The third-order valence-electron chi connectivity index (χ3n) is 6.78. The van der Waals surface area contributed by atoms with Crippen molar-refractivity contribution in [3.63, 3.8) is 0 Å². The maximum atomic E-state index is 13.0. The summed E-state index contributed by atoms with van der Waals surface area (Å²) in [5.74, 6) is 0.670. The molecule has 2 saturated carbocycles. The second kappa shape index (κ2) is 5.26. The molecule has 0 aromatic carbocycles. The van der Waals surface area contributed by atoms with Crippen molar-refractivity contribution in [2.45, 2.75) is 81.3 Å². The molecule has 2 aliphatic carbocycles. The smallest absolute Gasteiger partial charge is 0.156 e. The van der Waals surface area contributed by atoms with Crippen molar-refractivity contribution in [1.29, 1.82) is 0 Å². The van der Waals surface area contributed by atoms with Crippen LogP contribution in [0, 0.1) is 5.92 Å². The Hall–Kier alpha value is -0.490. The molecule has 3 heterocycles. The highest BCUT2D eigenvalue weighted by Crippen LogP contribution is 2.45. The molecule has 7 atom stereocenters. The van der Waals surface area contributed by atoms with Gasteiger partial charge in [-0.25, -0.2) is 0 Å². The SMILES string of the molecule is O=C1C2CCCC3OC4CCCCC4N(C4CNCNC14)C32. The van der Waals surface area contributed by atoms with Crippen LogP contribution < -0.4 is 10.6 Å². The van der Waals surface area contributed by atoms with Gasteiger partial charge in [0.15, 0.2) is 5.78 Å². The zero-order valence-electron chi connectivity index (χ0n) is 13.2. The van der Waals surface area contributed by atoms with E-state index in [4.69, 9.17) is 4.74 Å². The predicted octanol–water partition coefficient (Wildman–Crippen LogP) is 0.637. The third-order valence-corrected chi connectivity index (χ3v) is 6.78. The number of rotatable bonds is 0. The van der Waals surface area contributed by atoms with Crippen LogP contribution in [0.2, 0.25) is 0 Å². The quantitative estimate of drug-likeness (QED) is 0.688. The Balaban J connectivity index is 1.55. The lowest BCUT2D eigenvalue weighted by atomic mass is 9.68. The molecule has 2 N–H and O–H groups in total. The standard InChI is InChI=1S/C17H27N3O2/c21-17-10-4-3-7-14-16(10)20(12-8-18-9-19-15(12)17)11-5-1-2-6-13(11)22-14/h10-16,18-19H,1-9H2. The van der Waals surface area contributed by atoms with Crippen molar-refractivity contribution >= 4 is 5.78 Å². The van der Waals surface area contributed by atoms with Gasteiger partial charge in [-0.15, -0.1) is 0 Å². The summed E-state index contributed by atoms with van der Waals surface area (Å²) in [6.07, 6.45) is 9.14. The van der Waals surface area contributed by atoms with E-state index in [2.05, 4.69) is 15.5 Å². The number of hydrogen-bond acceptors (Lipinski definition) is 5. The van der Waals surface area contributed by atoms with E-state index in [1.807, 2.05) is 0 Å². The van der Waals surface area contributed by atoms with Crippen molar-refractivity contribution in [2.75, 3.05) is 13.2 Å². The van der Waals surface area contributed by atoms with Crippen LogP contribution in [0.5, 0.6) is 0 Å². The number of morpholine rings is 1. The topological polar surface area (TPSA) is 53.6 Å². The number of piperidine rings is 1. The van der Waals surface area contributed by atoms with E-state index >= 15 is 0 Å². The lowest BCUT2D eigenvalue weighted by Gasteiger charge is -2.62. The molecule has 5 heteroatoms. The Morgan fingerprint density at radius 1 is 1.00 bits per heavy atom. The molecular weight excluding hydrogens is 278 g/mol. The zero-order valence-corrected chi connectivity index (χ0v) is 13.2. The minimum Gasteiger partial charge on any atom is -0.372 e. The molecule has 0 radical (unpaired) electrons. The van der Waals surface area contributed by atoms with E-state index in [9.17, 15) is 4.79 Å². The summed E-state index contributed by atoms with van der Waals surface area (Å²) >= 11 is 0. The number of nitrogens with one attached hydrogen (secondary N) is 2. The maximum Gasteiger partial charge on any atom is 0.156 e. The Kier molecular flexibility index (Phi) is 3.33. The number of carbonyl (C=O) groups excluding carboxylic acids is 1. The predicted molar refractivity (Wildman–Crippen MR) is 82.5 cm³/mol. The highest BCUT2D eigenvalue weighted by molar-refractivity contribution is 5.89. The van der Waals surface area contributed by atoms with Gasteiger partial charge in [-0.05, 0) is 25.7 Å². The second-order valence-corrected chi connectivity index (χ2v) is 7.82. The van der Waals surface area contributed by atoms with E-state index in [1.165, 1.54) is 25.7 Å². The Bertz CT molecular complexity index is 471. The molecule has 5 aliphatic rings. The first-order valence-corrected chi connectivity index (χ1v) is 9.25. The van der Waals surface area contributed by atoms with E-state index in [-0.39, 0.29) is 12.0 Å². The number of carbonyl (C=O) groups is 1. The lowest BCUT2D eigenvalue weighted by Crippen LogP contribution is -2.79. The number of hydrogen-bond donors (Lipinski definition) is 2. The van der Waals surface area contributed by atoms with Gasteiger partial charge in [0.05, 0.1) is 18.2 Å². The minimum absolute atomic E-state index is 0.0435. The van der Waals surface area contributed by atoms with Crippen LogP contribution in [-0.2, 0) is 9.53 Å². The molecule has 5 fully saturated rings. The van der Waals surface area contributed by atoms with Gasteiger partial charge in [-0.1, -0.05) is 19.3 Å². The molecule has 0 aromatic heterocycles. The van der Waals surface area contributed by atoms with E-state index in [0.717, 1.165) is 32.5 Å². The summed E-state index contributed by atoms with van der Waals surface area (Å²) in [7, 11) is 0. The second-order valence-electron chi connectivity index (χ2n) is 7.82. The summed E-state index contributed by atoms with van der Waals surface area (Å²) in [5, 5.41) is 6.91. The van der Waals surface area contributed by atoms with Crippen LogP contribution in [-0.4, -0.2) is 60.3 Å². The summed E-state index contributed by atoms with van der Waals surface area (Å²) < 4.78 is 6.52. The Labute approximate surface area is 132 Å². The van der Waals surface area contributed by atoms with Crippen LogP contribution in [0.25, 0.3) is 0 Å². The largest absolute Gasteiger partial charge is 0.372 e. The fraction of sp³-hybridized carbons (Fsp3) is 0.941. The van der Waals surface area contributed by atoms with Gasteiger partial charge in [-0.2, -0.15) is 0 Å². The Morgan fingerprint density at radius 3 is 2.82 bits per heavy atom. The van der Waals surface area contributed by atoms with Crippen molar-refractivity contribution in [2.24, 2.45) is 5.92 Å². The molecular formula is C17H27N3O2. The van der Waals surface area contributed by atoms with Gasteiger partial charge in [0.1, 0.15) is 0 Å². The molecule has 3 aliphatic heterocycles. The normalized spacial score (nSPS) is 51.6. The molecule has 5 nitrogen and oxygen atoms in total. The van der Waals surface area contributed by atoms with E-state index in [1.54, 1.807) is 0 Å². The van der Waals surface area contributed by atoms with Crippen LogP contribution in [0.3, 0.4) is 0 Å². The summed E-state index contributed by atoms with van der Waals surface area (Å²) in [4.78, 5) is 15.8. The van der Waals surface area contributed by atoms with Crippen LogP contribution in [0.1, 0.15) is 44.9 Å². The van der Waals surface area contributed by atoms with Gasteiger partial charge in [-0.3, -0.25) is 15.0 Å². The van der Waals surface area contributed by atoms with Gasteiger partial charge in [0, 0.05) is 37.3 Å². The van der Waals surface area contributed by atoms with Gasteiger partial charge in [0.25, 0.3) is 0 Å². The van der Waals surface area contributed by atoms with E-state index < -0.39 is 0 Å². The minimum atomic E-state index is 0.0435. The fourth-order valence-corrected chi connectivity index (χ4v) is 5.94. The number of nitrogens with zero attached hydrogens (tertiary/aromatic N) is 1. The van der Waals surface area contributed by atoms with Crippen LogP contribution in [0.15, 0.2) is 0 Å². The highest BCUT2D eigenvalue weighted by atomic mass is 16.5. The molecule has 3 saturated heterocycles. The summed E-state index contributed by atoms with van der Waals surface area (Å²) in [5.41, 5.74) is 0. The van der Waals surface area contributed by atoms with Crippen LogP contribution in [0.4, 0.5) is 0 Å². The first kappa shape index (κ1) is 13.9. The third kappa shape index (κ3) is 1.89. The van der Waals surface area contributed by atoms with Crippen molar-refractivity contribution < 1.29 is 9.53 Å². The number of fused-ring (bicyclic) bond motifs is 4. The number of ketones is 1. The highest BCUT2D eigenvalue weighted by Gasteiger charge is 2.58. The van der Waals surface area contributed by atoms with Crippen molar-refractivity contribution in [3.05, 3.63) is 0 Å². The van der Waals surface area contributed by atoms with Gasteiger partial charge >= 0.3 is 0 Å². The Morgan fingerprint density at radius 2 is 1.86 bits per heavy atom. The number of Topliss-reactive ketones (excluding diaryl/α,β-unsaturated/α-hetero) is 1. The monoisotopic (exact) mass is 305 g/mol. The van der Waals surface area contributed by atoms with Gasteiger partial charge in [0.2, 0.25) is 0 Å². The summed E-state index contributed by atoms with van der Waals surface area (Å²) in [6, 6.07) is 1.26. The van der Waals surface area contributed by atoms with Gasteiger partial charge < -0.3 is 10.1 Å². The average Bonchev–Trinajstić information content (AvgIpc) is 2.58. The van der Waals surface area contributed by atoms with Crippen molar-refractivity contribution in [1.82, 2.24) is 15.5 Å². The first-order valence-electron chi connectivity index (χ1n) is 9.25. The van der Waals surface area contributed by atoms with Crippen LogP contribution >= 0.6 is 0 Å². The van der Waals surface area contributed by atoms with E-state index in [0.29, 0.717) is 36.1 Å². The average molecular weight is 305 g/mol. The van der Waals surface area contributed by atoms with Crippen molar-refractivity contribution in [3.8, 4) is 0 Å². The molecule has 0 amide bonds. The molecule has 0 bridgehead atoms.